The van der Waals surface area contributed by atoms with Gasteiger partial charge in [-0.05, 0) is 54.6 Å². The molecular formula is C25H35NO4. The molecule has 2 saturated carbocycles. The lowest BCUT2D eigenvalue weighted by Crippen LogP contribution is -2.56. The van der Waals surface area contributed by atoms with Gasteiger partial charge in [-0.15, -0.1) is 0 Å². The van der Waals surface area contributed by atoms with Gasteiger partial charge in [0.15, 0.2) is 0 Å². The Morgan fingerprint density at radius 2 is 1.93 bits per heavy atom. The molecule has 5 nitrogen and oxygen atoms in total. The number of carboxylic acid groups (broad SMARTS) is 1. The molecular weight excluding hydrogens is 378 g/mol. The fourth-order valence-electron chi connectivity index (χ4n) is 6.98. The van der Waals surface area contributed by atoms with Crippen molar-refractivity contribution in [1.82, 2.24) is 5.32 Å². The third-order valence-corrected chi connectivity index (χ3v) is 8.53. The van der Waals surface area contributed by atoms with Crippen molar-refractivity contribution < 1.29 is 19.5 Å². The monoisotopic (exact) mass is 413 g/mol. The Kier molecular flexibility index (Phi) is 4.83. The number of ketones is 1. The number of carbonyl (C=O) groups is 3. The summed E-state index contributed by atoms with van der Waals surface area (Å²) in [4.78, 5) is 38.2. The Morgan fingerprint density at radius 3 is 2.57 bits per heavy atom. The van der Waals surface area contributed by atoms with E-state index in [2.05, 4.69) is 25.2 Å². The molecule has 0 radical (unpaired) electrons. The number of rotatable bonds is 2. The average molecular weight is 414 g/mol. The summed E-state index contributed by atoms with van der Waals surface area (Å²) in [6.07, 6.45) is 9.39. The van der Waals surface area contributed by atoms with E-state index in [4.69, 9.17) is 0 Å². The van der Waals surface area contributed by atoms with E-state index in [0.717, 1.165) is 18.4 Å². The quantitative estimate of drug-likeness (QED) is 0.708. The van der Waals surface area contributed by atoms with Crippen LogP contribution in [0.1, 0.15) is 73.1 Å². The van der Waals surface area contributed by atoms with Crippen LogP contribution in [0.25, 0.3) is 0 Å². The average Bonchev–Trinajstić information content (AvgIpc) is 3.00. The van der Waals surface area contributed by atoms with Gasteiger partial charge in [-0.1, -0.05) is 47.1 Å². The SMILES string of the molecule is CC(C)(C)C(=O)NC1C[C@@]2(C)C(=CCC3C4CCC[C@@]4(C)CC(=O)C32)C=C1C(=O)O. The Hall–Kier alpha value is -1.91. The summed E-state index contributed by atoms with van der Waals surface area (Å²) in [5, 5.41) is 12.8. The Bertz CT molecular complexity index is 863. The number of aliphatic carboxylic acids is 1. The van der Waals surface area contributed by atoms with Crippen molar-refractivity contribution in [2.24, 2.45) is 34.0 Å². The molecule has 2 N–H and O–H groups in total. The van der Waals surface area contributed by atoms with Crippen molar-refractivity contribution >= 4 is 17.7 Å². The Morgan fingerprint density at radius 1 is 1.23 bits per heavy atom. The summed E-state index contributed by atoms with van der Waals surface area (Å²) in [5.41, 5.74) is 0.276. The highest BCUT2D eigenvalue weighted by Gasteiger charge is 2.59. The first-order chi connectivity index (χ1) is 13.9. The van der Waals surface area contributed by atoms with Gasteiger partial charge >= 0.3 is 5.97 Å². The minimum atomic E-state index is -1.00. The van der Waals surface area contributed by atoms with Gasteiger partial charge < -0.3 is 10.4 Å². The normalized spacial score (nSPS) is 40.5. The van der Waals surface area contributed by atoms with Crippen molar-refractivity contribution in [3.8, 4) is 0 Å². The number of Topliss-reactive ketones (excluding diaryl/α,β-unsaturated/α-hetero) is 1. The minimum absolute atomic E-state index is 0.0886. The van der Waals surface area contributed by atoms with E-state index in [9.17, 15) is 19.5 Å². The maximum absolute atomic E-state index is 13.5. The van der Waals surface area contributed by atoms with Gasteiger partial charge in [-0.3, -0.25) is 9.59 Å². The summed E-state index contributed by atoms with van der Waals surface area (Å²) in [6, 6.07) is -0.584. The topological polar surface area (TPSA) is 83.5 Å². The number of hydrogen-bond donors (Lipinski definition) is 2. The number of nitrogens with one attached hydrogen (secondary N) is 1. The summed E-state index contributed by atoms with van der Waals surface area (Å²) in [5.74, 6) is -0.0383. The van der Waals surface area contributed by atoms with Gasteiger partial charge in [-0.2, -0.15) is 0 Å². The third-order valence-electron chi connectivity index (χ3n) is 8.53. The number of hydrogen-bond acceptors (Lipinski definition) is 3. The molecule has 4 unspecified atom stereocenters. The van der Waals surface area contributed by atoms with Crippen LogP contribution in [0.3, 0.4) is 0 Å². The van der Waals surface area contributed by atoms with E-state index in [0.29, 0.717) is 30.5 Å². The highest BCUT2D eigenvalue weighted by molar-refractivity contribution is 5.92. The molecule has 1 amide bonds. The Balaban J connectivity index is 1.73. The fourth-order valence-corrected chi connectivity index (χ4v) is 6.98. The molecule has 5 heteroatoms. The van der Waals surface area contributed by atoms with Crippen LogP contribution in [0, 0.1) is 34.0 Å². The molecule has 0 aromatic carbocycles. The maximum Gasteiger partial charge on any atom is 0.333 e. The molecule has 4 aliphatic rings. The summed E-state index contributed by atoms with van der Waals surface area (Å²) in [7, 11) is 0. The molecule has 0 aromatic heterocycles. The lowest BCUT2D eigenvalue weighted by atomic mass is 9.48. The van der Waals surface area contributed by atoms with E-state index in [1.54, 1.807) is 6.08 Å². The summed E-state index contributed by atoms with van der Waals surface area (Å²) >= 11 is 0. The lowest BCUT2D eigenvalue weighted by Gasteiger charge is -2.55. The van der Waals surface area contributed by atoms with E-state index in [1.165, 1.54) is 12.8 Å². The molecule has 0 aromatic rings. The van der Waals surface area contributed by atoms with Crippen molar-refractivity contribution in [2.75, 3.05) is 0 Å². The van der Waals surface area contributed by atoms with Crippen LogP contribution < -0.4 is 5.32 Å². The standard InChI is InChI=1S/C25H35NO4/c1-23(2,3)22(30)26-18-12-25(5)14(11-16(18)21(28)29)8-9-15-17-7-6-10-24(17,4)13-19(27)20(15)25/h8,11,15,17-18,20H,6-7,9-10,12-13H2,1-5H3,(H,26,30)(H,28,29)/t15?,17?,18?,20?,24-,25-/m0/s1. The fraction of sp³-hybridized carbons (Fsp3) is 0.720. The van der Waals surface area contributed by atoms with Crippen LogP contribution in [0.5, 0.6) is 0 Å². The first kappa shape index (κ1) is 21.3. The zero-order valence-corrected chi connectivity index (χ0v) is 18.9. The van der Waals surface area contributed by atoms with Crippen LogP contribution in [0.2, 0.25) is 0 Å². The molecule has 0 bridgehead atoms. The van der Waals surface area contributed by atoms with Gasteiger partial charge in [0.1, 0.15) is 5.78 Å². The lowest BCUT2D eigenvalue weighted by molar-refractivity contribution is -0.141. The van der Waals surface area contributed by atoms with E-state index < -0.39 is 22.8 Å². The van der Waals surface area contributed by atoms with Crippen molar-refractivity contribution in [2.45, 2.75) is 79.2 Å². The predicted molar refractivity (Wildman–Crippen MR) is 115 cm³/mol. The van der Waals surface area contributed by atoms with Crippen LogP contribution in [0.4, 0.5) is 0 Å². The van der Waals surface area contributed by atoms with Crippen LogP contribution >= 0.6 is 0 Å². The van der Waals surface area contributed by atoms with Crippen molar-refractivity contribution in [3.63, 3.8) is 0 Å². The minimum Gasteiger partial charge on any atom is -0.478 e. The molecule has 0 aliphatic heterocycles. The van der Waals surface area contributed by atoms with Gasteiger partial charge in [0, 0.05) is 23.2 Å². The van der Waals surface area contributed by atoms with E-state index in [1.807, 2.05) is 20.8 Å². The van der Waals surface area contributed by atoms with Crippen LogP contribution in [-0.2, 0) is 14.4 Å². The third kappa shape index (κ3) is 3.16. The largest absolute Gasteiger partial charge is 0.478 e. The first-order valence-corrected chi connectivity index (χ1v) is 11.4. The van der Waals surface area contributed by atoms with Crippen LogP contribution in [-0.4, -0.2) is 28.8 Å². The zero-order valence-electron chi connectivity index (χ0n) is 18.9. The number of amides is 1. The smallest absolute Gasteiger partial charge is 0.333 e. The second-order valence-electron chi connectivity index (χ2n) is 11.6. The number of carbonyl (C=O) groups excluding carboxylic acids is 2. The van der Waals surface area contributed by atoms with E-state index in [-0.39, 0.29) is 22.8 Å². The van der Waals surface area contributed by atoms with Crippen molar-refractivity contribution in [1.29, 1.82) is 0 Å². The molecule has 164 valence electrons. The summed E-state index contributed by atoms with van der Waals surface area (Å²) in [6.45, 7) is 9.88. The van der Waals surface area contributed by atoms with Gasteiger partial charge in [0.25, 0.3) is 0 Å². The molecule has 2 fully saturated rings. The number of allylic oxidation sites excluding steroid dienone is 3. The summed E-state index contributed by atoms with van der Waals surface area (Å²) < 4.78 is 0. The molecule has 6 atom stereocenters. The molecule has 30 heavy (non-hydrogen) atoms. The van der Waals surface area contributed by atoms with Crippen LogP contribution in [0.15, 0.2) is 23.3 Å². The van der Waals surface area contributed by atoms with Gasteiger partial charge in [-0.25, -0.2) is 4.79 Å². The number of fused-ring (bicyclic) bond motifs is 5. The van der Waals surface area contributed by atoms with Gasteiger partial charge in [0.05, 0.1) is 11.6 Å². The predicted octanol–water partition coefficient (Wildman–Crippen LogP) is 4.28. The Labute approximate surface area is 179 Å². The molecule has 0 heterocycles. The van der Waals surface area contributed by atoms with Crippen molar-refractivity contribution in [3.05, 3.63) is 23.3 Å². The second kappa shape index (κ2) is 6.80. The highest BCUT2D eigenvalue weighted by Crippen LogP contribution is 2.63. The highest BCUT2D eigenvalue weighted by atomic mass is 16.4. The van der Waals surface area contributed by atoms with E-state index >= 15 is 0 Å². The number of carboxylic acids is 1. The molecule has 0 spiro atoms. The second-order valence-corrected chi connectivity index (χ2v) is 11.6. The van der Waals surface area contributed by atoms with Gasteiger partial charge in [0.2, 0.25) is 5.91 Å². The first-order valence-electron chi connectivity index (χ1n) is 11.4. The molecule has 4 rings (SSSR count). The molecule has 4 aliphatic carbocycles. The molecule has 0 saturated heterocycles. The zero-order chi connectivity index (χ0) is 22.1. The maximum atomic E-state index is 13.5.